The van der Waals surface area contributed by atoms with E-state index in [9.17, 15) is 0 Å². The third-order valence-corrected chi connectivity index (χ3v) is 3.13. The van der Waals surface area contributed by atoms with Crippen LogP contribution < -0.4 is 0 Å². The van der Waals surface area contributed by atoms with Crippen molar-refractivity contribution in [1.29, 1.82) is 0 Å². The highest BCUT2D eigenvalue weighted by atomic mass is 35.5. The standard InChI is InChI=1S/C14H12ClN3/c1-9-7-12-10(3-2-4-13(12)17-9)8-11-5-6-16-14(15)18-11/h2-7,17H,8H2,1H3. The fraction of sp³-hybridized carbons (Fsp3) is 0.143. The fourth-order valence-electron chi connectivity index (χ4n) is 2.17. The Labute approximate surface area is 110 Å². The van der Waals surface area contributed by atoms with Crippen molar-refractivity contribution < 1.29 is 0 Å². The van der Waals surface area contributed by atoms with Crippen molar-refractivity contribution >= 4 is 22.5 Å². The Kier molecular flexibility index (Phi) is 2.76. The molecule has 0 unspecified atom stereocenters. The maximum Gasteiger partial charge on any atom is 0.222 e. The maximum atomic E-state index is 5.81. The molecule has 0 fully saturated rings. The molecule has 18 heavy (non-hydrogen) atoms. The molecule has 90 valence electrons. The molecule has 0 bridgehead atoms. The van der Waals surface area contributed by atoms with E-state index in [2.05, 4.69) is 46.1 Å². The van der Waals surface area contributed by atoms with Gasteiger partial charge in [0.25, 0.3) is 0 Å². The number of H-pyrrole nitrogens is 1. The van der Waals surface area contributed by atoms with Crippen molar-refractivity contribution in [3.8, 4) is 0 Å². The first-order valence-corrected chi connectivity index (χ1v) is 6.15. The zero-order valence-electron chi connectivity index (χ0n) is 9.94. The Hall–Kier alpha value is -1.87. The van der Waals surface area contributed by atoms with Gasteiger partial charge in [-0.25, -0.2) is 9.97 Å². The summed E-state index contributed by atoms with van der Waals surface area (Å²) in [6, 6.07) is 10.3. The molecule has 0 aliphatic heterocycles. The van der Waals surface area contributed by atoms with Crippen LogP contribution in [0.5, 0.6) is 0 Å². The second-order valence-corrected chi connectivity index (χ2v) is 4.66. The van der Waals surface area contributed by atoms with Crippen LogP contribution in [0.2, 0.25) is 5.28 Å². The number of aromatic nitrogens is 3. The minimum atomic E-state index is 0.296. The predicted molar refractivity (Wildman–Crippen MR) is 72.9 cm³/mol. The first kappa shape index (κ1) is 11.2. The van der Waals surface area contributed by atoms with Gasteiger partial charge in [-0.3, -0.25) is 0 Å². The average molecular weight is 258 g/mol. The van der Waals surface area contributed by atoms with E-state index in [1.54, 1.807) is 6.20 Å². The van der Waals surface area contributed by atoms with Crippen LogP contribution in [0.15, 0.2) is 36.5 Å². The molecule has 4 heteroatoms. The van der Waals surface area contributed by atoms with Gasteiger partial charge in [0.15, 0.2) is 0 Å². The molecule has 3 aromatic rings. The Bertz CT molecular complexity index is 703. The molecule has 0 saturated heterocycles. The van der Waals surface area contributed by atoms with Crippen LogP contribution >= 0.6 is 11.6 Å². The fourth-order valence-corrected chi connectivity index (χ4v) is 2.34. The molecule has 0 atom stereocenters. The van der Waals surface area contributed by atoms with Gasteiger partial charge in [-0.2, -0.15) is 0 Å². The van der Waals surface area contributed by atoms with E-state index < -0.39 is 0 Å². The summed E-state index contributed by atoms with van der Waals surface area (Å²) < 4.78 is 0. The smallest absolute Gasteiger partial charge is 0.222 e. The number of hydrogen-bond acceptors (Lipinski definition) is 2. The summed E-state index contributed by atoms with van der Waals surface area (Å²) in [7, 11) is 0. The Morgan fingerprint density at radius 2 is 2.17 bits per heavy atom. The third-order valence-electron chi connectivity index (χ3n) is 2.94. The van der Waals surface area contributed by atoms with E-state index in [0.717, 1.165) is 23.3 Å². The molecule has 0 aliphatic carbocycles. The molecule has 3 rings (SSSR count). The first-order chi connectivity index (χ1) is 8.72. The lowest BCUT2D eigenvalue weighted by molar-refractivity contribution is 1.03. The molecule has 2 aromatic heterocycles. The van der Waals surface area contributed by atoms with E-state index in [1.165, 1.54) is 10.9 Å². The predicted octanol–water partition coefficient (Wildman–Crippen LogP) is 3.51. The minimum Gasteiger partial charge on any atom is -0.359 e. The van der Waals surface area contributed by atoms with Crippen LogP contribution in [0.3, 0.4) is 0 Å². The topological polar surface area (TPSA) is 41.6 Å². The average Bonchev–Trinajstić information content (AvgIpc) is 2.71. The monoisotopic (exact) mass is 257 g/mol. The molecule has 1 aromatic carbocycles. The van der Waals surface area contributed by atoms with Crippen molar-refractivity contribution in [3.05, 3.63) is 58.8 Å². The maximum absolute atomic E-state index is 5.81. The van der Waals surface area contributed by atoms with Crippen molar-refractivity contribution in [2.24, 2.45) is 0 Å². The lowest BCUT2D eigenvalue weighted by atomic mass is 10.1. The Balaban J connectivity index is 2.04. The van der Waals surface area contributed by atoms with Gasteiger partial charge in [-0.05, 0) is 42.3 Å². The van der Waals surface area contributed by atoms with Gasteiger partial charge in [0.2, 0.25) is 5.28 Å². The number of nitrogens with zero attached hydrogens (tertiary/aromatic N) is 2. The summed E-state index contributed by atoms with van der Waals surface area (Å²) in [5.74, 6) is 0. The molecule has 0 amide bonds. The summed E-state index contributed by atoms with van der Waals surface area (Å²) in [6.45, 7) is 2.06. The summed E-state index contributed by atoms with van der Waals surface area (Å²) in [5, 5.41) is 1.54. The van der Waals surface area contributed by atoms with Crippen LogP contribution in [-0.4, -0.2) is 15.0 Å². The van der Waals surface area contributed by atoms with Gasteiger partial charge in [-0.15, -0.1) is 0 Å². The molecule has 2 heterocycles. The van der Waals surface area contributed by atoms with E-state index in [-0.39, 0.29) is 0 Å². The lowest BCUT2D eigenvalue weighted by Crippen LogP contribution is -1.94. The van der Waals surface area contributed by atoms with Crippen molar-refractivity contribution in [2.75, 3.05) is 0 Å². The van der Waals surface area contributed by atoms with Gasteiger partial charge < -0.3 is 4.98 Å². The van der Waals surface area contributed by atoms with Gasteiger partial charge in [-0.1, -0.05) is 12.1 Å². The SMILES string of the molecule is Cc1cc2c(Cc3ccnc(Cl)n3)cccc2[nH]1. The number of benzene rings is 1. The molecule has 0 radical (unpaired) electrons. The minimum absolute atomic E-state index is 0.296. The molecule has 0 aliphatic rings. The highest BCUT2D eigenvalue weighted by Crippen LogP contribution is 2.21. The molecular weight excluding hydrogens is 246 g/mol. The first-order valence-electron chi connectivity index (χ1n) is 5.77. The van der Waals surface area contributed by atoms with Crippen LogP contribution in [0, 0.1) is 6.92 Å². The second-order valence-electron chi connectivity index (χ2n) is 4.32. The van der Waals surface area contributed by atoms with E-state index >= 15 is 0 Å². The number of aryl methyl sites for hydroxylation is 1. The van der Waals surface area contributed by atoms with Crippen molar-refractivity contribution in [2.45, 2.75) is 13.3 Å². The molecule has 0 spiro atoms. The number of rotatable bonds is 2. The van der Waals surface area contributed by atoms with Crippen LogP contribution in [0.25, 0.3) is 10.9 Å². The quantitative estimate of drug-likeness (QED) is 0.714. The third kappa shape index (κ3) is 2.09. The highest BCUT2D eigenvalue weighted by molar-refractivity contribution is 6.28. The van der Waals surface area contributed by atoms with E-state index in [0.29, 0.717) is 5.28 Å². The Morgan fingerprint density at radius 3 is 3.00 bits per heavy atom. The number of aromatic amines is 1. The van der Waals surface area contributed by atoms with Gasteiger partial charge >= 0.3 is 0 Å². The molecule has 0 saturated carbocycles. The van der Waals surface area contributed by atoms with E-state index in [1.807, 2.05) is 6.07 Å². The summed E-state index contributed by atoms with van der Waals surface area (Å²) in [5.41, 5.74) is 4.50. The van der Waals surface area contributed by atoms with Gasteiger partial charge in [0, 0.05) is 34.9 Å². The summed E-state index contributed by atoms with van der Waals surface area (Å²) in [4.78, 5) is 11.5. The van der Waals surface area contributed by atoms with Crippen LogP contribution in [0.4, 0.5) is 0 Å². The zero-order valence-corrected chi connectivity index (χ0v) is 10.7. The highest BCUT2D eigenvalue weighted by Gasteiger charge is 2.05. The second kappa shape index (κ2) is 4.42. The normalized spacial score (nSPS) is 11.0. The van der Waals surface area contributed by atoms with Gasteiger partial charge in [0.05, 0.1) is 0 Å². The summed E-state index contributed by atoms with van der Waals surface area (Å²) in [6.07, 6.45) is 2.45. The number of hydrogen-bond donors (Lipinski definition) is 1. The largest absolute Gasteiger partial charge is 0.359 e. The molecule has 1 N–H and O–H groups in total. The number of halogens is 1. The molecule has 3 nitrogen and oxygen atoms in total. The van der Waals surface area contributed by atoms with Crippen LogP contribution in [-0.2, 0) is 6.42 Å². The van der Waals surface area contributed by atoms with E-state index in [4.69, 9.17) is 11.6 Å². The zero-order chi connectivity index (χ0) is 12.5. The van der Waals surface area contributed by atoms with Crippen molar-refractivity contribution in [1.82, 2.24) is 15.0 Å². The van der Waals surface area contributed by atoms with Gasteiger partial charge in [0.1, 0.15) is 0 Å². The summed E-state index contributed by atoms with van der Waals surface area (Å²) >= 11 is 5.81. The van der Waals surface area contributed by atoms with Crippen molar-refractivity contribution in [3.63, 3.8) is 0 Å². The lowest BCUT2D eigenvalue weighted by Gasteiger charge is -2.03. The molecular formula is C14H12ClN3. The number of fused-ring (bicyclic) bond motifs is 1. The van der Waals surface area contributed by atoms with Crippen LogP contribution in [0.1, 0.15) is 17.0 Å². The Morgan fingerprint density at radius 1 is 1.28 bits per heavy atom. The number of nitrogens with one attached hydrogen (secondary N) is 1.